The summed E-state index contributed by atoms with van der Waals surface area (Å²) in [6.45, 7) is 1.46. The van der Waals surface area contributed by atoms with Crippen LogP contribution in [-0.2, 0) is 19.1 Å². The highest BCUT2D eigenvalue weighted by Crippen LogP contribution is 2.25. The number of rotatable bonds is 7. The van der Waals surface area contributed by atoms with E-state index in [0.717, 1.165) is 10.0 Å². The molecule has 2 rings (SSSR count). The number of nitrogens with one attached hydrogen (secondary N) is 2. The number of ether oxygens (including phenoxy) is 1. The normalized spacial score (nSPS) is 10.3. The molecule has 0 spiro atoms. The Morgan fingerprint density at radius 1 is 1.00 bits per heavy atom. The van der Waals surface area contributed by atoms with Gasteiger partial charge in [0.15, 0.2) is 6.61 Å². The third kappa shape index (κ3) is 7.14. The molecule has 0 saturated carbocycles. The first kappa shape index (κ1) is 22.2. The summed E-state index contributed by atoms with van der Waals surface area (Å²) < 4.78 is 5.81. The van der Waals surface area contributed by atoms with Crippen LogP contribution in [0.5, 0.6) is 0 Å². The lowest BCUT2D eigenvalue weighted by Crippen LogP contribution is -2.21. The zero-order valence-corrected chi connectivity index (χ0v) is 18.0. The van der Waals surface area contributed by atoms with E-state index in [1.54, 1.807) is 24.3 Å². The molecule has 0 aliphatic heterocycles. The van der Waals surface area contributed by atoms with E-state index in [4.69, 9.17) is 27.9 Å². The van der Waals surface area contributed by atoms with E-state index in [9.17, 15) is 14.4 Å². The molecule has 2 N–H and O–H groups in total. The average molecular weight is 488 g/mol. The van der Waals surface area contributed by atoms with Crippen LogP contribution in [0, 0.1) is 6.92 Å². The highest BCUT2D eigenvalue weighted by Gasteiger charge is 2.12. The number of hydrogen-bond acceptors (Lipinski definition) is 4. The molecule has 2 aromatic rings. The zero-order valence-electron chi connectivity index (χ0n) is 14.9. The maximum absolute atomic E-state index is 11.9. The van der Waals surface area contributed by atoms with Crippen LogP contribution in [0.4, 0.5) is 11.4 Å². The van der Waals surface area contributed by atoms with Gasteiger partial charge in [-0.2, -0.15) is 0 Å². The van der Waals surface area contributed by atoms with Gasteiger partial charge in [0.1, 0.15) is 0 Å². The second-order valence-corrected chi connectivity index (χ2v) is 7.54. The SMILES string of the molecule is Cc1cc(NC(=O)COC(=O)CCC(=O)Nc2cc(Cl)ccc2Cl)ccc1Br. The molecule has 0 aliphatic rings. The van der Waals surface area contributed by atoms with Crippen molar-refractivity contribution in [2.45, 2.75) is 19.8 Å². The van der Waals surface area contributed by atoms with Crippen molar-refractivity contribution in [3.05, 3.63) is 56.5 Å². The predicted octanol–water partition coefficient (Wildman–Crippen LogP) is 4.96. The van der Waals surface area contributed by atoms with Crippen LogP contribution >= 0.6 is 39.1 Å². The molecule has 6 nitrogen and oxygen atoms in total. The second-order valence-electron chi connectivity index (χ2n) is 5.85. The third-order valence-corrected chi connectivity index (χ3v) is 5.02. The van der Waals surface area contributed by atoms with Gasteiger partial charge in [-0.15, -0.1) is 0 Å². The number of esters is 1. The third-order valence-electron chi connectivity index (χ3n) is 3.56. The minimum absolute atomic E-state index is 0.116. The quantitative estimate of drug-likeness (QED) is 0.540. The van der Waals surface area contributed by atoms with E-state index in [1.165, 1.54) is 6.07 Å². The first-order valence-corrected chi connectivity index (χ1v) is 9.76. The van der Waals surface area contributed by atoms with Gasteiger partial charge in [-0.1, -0.05) is 39.1 Å². The summed E-state index contributed by atoms with van der Waals surface area (Å²) >= 11 is 15.2. The summed E-state index contributed by atoms with van der Waals surface area (Å²) in [5.41, 5.74) is 1.91. The topological polar surface area (TPSA) is 84.5 Å². The summed E-state index contributed by atoms with van der Waals surface area (Å²) in [6, 6.07) is 9.98. The molecule has 0 aromatic heterocycles. The molecule has 9 heteroatoms. The lowest BCUT2D eigenvalue weighted by Gasteiger charge is -2.09. The summed E-state index contributed by atoms with van der Waals surface area (Å²) in [4.78, 5) is 35.5. The van der Waals surface area contributed by atoms with Crippen molar-refractivity contribution in [2.75, 3.05) is 17.2 Å². The monoisotopic (exact) mass is 486 g/mol. The molecule has 0 aliphatic carbocycles. The van der Waals surface area contributed by atoms with Gasteiger partial charge in [-0.3, -0.25) is 14.4 Å². The Balaban J connectivity index is 1.73. The van der Waals surface area contributed by atoms with E-state index >= 15 is 0 Å². The van der Waals surface area contributed by atoms with Crippen LogP contribution in [0.1, 0.15) is 18.4 Å². The van der Waals surface area contributed by atoms with E-state index < -0.39 is 24.4 Å². The molecule has 148 valence electrons. The number of anilines is 2. The minimum Gasteiger partial charge on any atom is -0.456 e. The van der Waals surface area contributed by atoms with Crippen LogP contribution in [0.2, 0.25) is 10.0 Å². The van der Waals surface area contributed by atoms with Gasteiger partial charge in [-0.05, 0) is 48.9 Å². The van der Waals surface area contributed by atoms with Gasteiger partial charge < -0.3 is 15.4 Å². The molecule has 0 bridgehead atoms. The number of amides is 2. The Hall–Kier alpha value is -2.09. The van der Waals surface area contributed by atoms with Crippen molar-refractivity contribution in [1.29, 1.82) is 0 Å². The Kier molecular flexibility index (Phi) is 8.29. The number of aryl methyl sites for hydroxylation is 1. The van der Waals surface area contributed by atoms with Crippen LogP contribution in [0.15, 0.2) is 40.9 Å². The van der Waals surface area contributed by atoms with Gasteiger partial charge in [0.25, 0.3) is 5.91 Å². The van der Waals surface area contributed by atoms with Crippen LogP contribution < -0.4 is 10.6 Å². The fourth-order valence-electron chi connectivity index (χ4n) is 2.16. The first-order chi connectivity index (χ1) is 13.2. The van der Waals surface area contributed by atoms with Crippen molar-refractivity contribution in [3.8, 4) is 0 Å². The number of benzene rings is 2. The highest BCUT2D eigenvalue weighted by molar-refractivity contribution is 9.10. The van der Waals surface area contributed by atoms with Gasteiger partial charge in [0.2, 0.25) is 5.91 Å². The van der Waals surface area contributed by atoms with Crippen molar-refractivity contribution in [3.63, 3.8) is 0 Å². The van der Waals surface area contributed by atoms with Gasteiger partial charge in [-0.25, -0.2) is 0 Å². The van der Waals surface area contributed by atoms with Crippen LogP contribution in [0.25, 0.3) is 0 Å². The molecule has 0 radical (unpaired) electrons. The number of halogens is 3. The molecule has 0 atom stereocenters. The molecule has 0 heterocycles. The van der Waals surface area contributed by atoms with Gasteiger partial charge >= 0.3 is 5.97 Å². The summed E-state index contributed by atoms with van der Waals surface area (Å²) in [6.07, 6.45) is -0.288. The van der Waals surface area contributed by atoms with Crippen molar-refractivity contribution in [2.24, 2.45) is 0 Å². The Morgan fingerprint density at radius 3 is 2.46 bits per heavy atom. The fourth-order valence-corrected chi connectivity index (χ4v) is 2.74. The molecule has 0 saturated heterocycles. The summed E-state index contributed by atoms with van der Waals surface area (Å²) in [5.74, 6) is -1.55. The smallest absolute Gasteiger partial charge is 0.306 e. The summed E-state index contributed by atoms with van der Waals surface area (Å²) in [7, 11) is 0. The molecule has 2 amide bonds. The molecule has 0 fully saturated rings. The van der Waals surface area contributed by atoms with Crippen LogP contribution in [-0.4, -0.2) is 24.4 Å². The predicted molar refractivity (Wildman–Crippen MR) is 113 cm³/mol. The number of carbonyl (C=O) groups excluding carboxylic acids is 3. The number of hydrogen-bond donors (Lipinski definition) is 2. The van der Waals surface area contributed by atoms with Crippen LogP contribution in [0.3, 0.4) is 0 Å². The van der Waals surface area contributed by atoms with Crippen molar-refractivity contribution < 1.29 is 19.1 Å². The Bertz CT molecular complexity index is 905. The lowest BCUT2D eigenvalue weighted by atomic mass is 10.2. The standard InChI is InChI=1S/C19H17BrCl2N2O4/c1-11-8-13(3-4-14(11)20)23-18(26)10-28-19(27)7-6-17(25)24-16-9-12(21)2-5-15(16)22/h2-5,8-9H,6-7,10H2,1H3,(H,23,26)(H,24,25). The fraction of sp³-hybridized carbons (Fsp3) is 0.211. The van der Waals surface area contributed by atoms with E-state index in [1.807, 2.05) is 13.0 Å². The molecular weight excluding hydrogens is 471 g/mol. The van der Waals surface area contributed by atoms with Gasteiger partial charge in [0.05, 0.1) is 17.1 Å². The Morgan fingerprint density at radius 2 is 1.75 bits per heavy atom. The Labute approximate surface area is 180 Å². The molecule has 2 aromatic carbocycles. The maximum Gasteiger partial charge on any atom is 0.306 e. The summed E-state index contributed by atoms with van der Waals surface area (Å²) in [5, 5.41) is 5.95. The first-order valence-electron chi connectivity index (χ1n) is 8.21. The van der Waals surface area contributed by atoms with Crippen molar-refractivity contribution >= 4 is 68.3 Å². The van der Waals surface area contributed by atoms with E-state index in [0.29, 0.717) is 21.4 Å². The largest absolute Gasteiger partial charge is 0.456 e. The zero-order chi connectivity index (χ0) is 20.7. The molecule has 0 unspecified atom stereocenters. The minimum atomic E-state index is -0.658. The van der Waals surface area contributed by atoms with E-state index in [-0.39, 0.29) is 12.8 Å². The maximum atomic E-state index is 11.9. The van der Waals surface area contributed by atoms with Gasteiger partial charge in [0, 0.05) is 21.6 Å². The second kappa shape index (κ2) is 10.5. The highest BCUT2D eigenvalue weighted by atomic mass is 79.9. The number of carbonyl (C=O) groups is 3. The van der Waals surface area contributed by atoms with E-state index in [2.05, 4.69) is 26.6 Å². The average Bonchev–Trinajstić information content (AvgIpc) is 2.64. The molecular formula is C19H17BrCl2N2O4. The lowest BCUT2D eigenvalue weighted by molar-refractivity contribution is -0.147. The van der Waals surface area contributed by atoms with Crippen molar-refractivity contribution in [1.82, 2.24) is 0 Å². The molecule has 28 heavy (non-hydrogen) atoms.